The summed E-state index contributed by atoms with van der Waals surface area (Å²) in [7, 11) is 0. The zero-order chi connectivity index (χ0) is 14.1. The lowest BCUT2D eigenvalue weighted by atomic mass is 10.1. The van der Waals surface area contributed by atoms with Gasteiger partial charge in [0.25, 0.3) is 0 Å². The highest BCUT2D eigenvalue weighted by Gasteiger charge is 2.25. The number of rotatable bonds is 6. The molecule has 0 bridgehead atoms. The zero-order valence-corrected chi connectivity index (χ0v) is 13.0. The summed E-state index contributed by atoms with van der Waals surface area (Å²) in [5.74, 6) is 0.554. The van der Waals surface area contributed by atoms with Crippen molar-refractivity contribution in [1.82, 2.24) is 15.5 Å². The van der Waals surface area contributed by atoms with E-state index in [9.17, 15) is 0 Å². The molecule has 1 aromatic heterocycles. The van der Waals surface area contributed by atoms with Crippen molar-refractivity contribution >= 4 is 11.3 Å². The van der Waals surface area contributed by atoms with Crippen LogP contribution in [0.25, 0.3) is 0 Å². The molecule has 1 aromatic carbocycles. The Morgan fingerprint density at radius 2 is 1.86 bits per heavy atom. The first kappa shape index (κ1) is 13.4. The van der Waals surface area contributed by atoms with Gasteiger partial charge in [0.2, 0.25) is 0 Å². The lowest BCUT2D eigenvalue weighted by Crippen LogP contribution is -2.17. The van der Waals surface area contributed by atoms with Crippen LogP contribution in [0.3, 0.4) is 0 Å². The molecular weight excluding hydrogens is 278 g/mol. The summed E-state index contributed by atoms with van der Waals surface area (Å²) in [5, 5.41) is 14.8. The van der Waals surface area contributed by atoms with E-state index in [0.29, 0.717) is 5.92 Å². The van der Waals surface area contributed by atoms with E-state index >= 15 is 0 Å². The maximum atomic E-state index is 4.46. The molecule has 1 N–H and O–H groups in total. The van der Waals surface area contributed by atoms with Gasteiger partial charge in [-0.1, -0.05) is 24.3 Å². The summed E-state index contributed by atoms with van der Waals surface area (Å²) in [5.41, 5.74) is 2.99. The van der Waals surface area contributed by atoms with Gasteiger partial charge >= 0.3 is 0 Å². The number of benzene rings is 1. The second kappa shape index (κ2) is 5.85. The number of hydrogen-bond donors (Lipinski definition) is 1. The number of fused-ring (bicyclic) bond motifs is 1. The quantitative estimate of drug-likeness (QED) is 0.833. The summed E-state index contributed by atoms with van der Waals surface area (Å²) in [6.45, 7) is 1.12. The third-order valence-corrected chi connectivity index (χ3v) is 5.61. The van der Waals surface area contributed by atoms with Gasteiger partial charge in [-0.15, -0.1) is 21.5 Å². The predicted molar refractivity (Wildman–Crippen MR) is 85.8 cm³/mol. The average Bonchev–Trinajstić information content (AvgIpc) is 3.04. The molecule has 0 unspecified atom stereocenters. The Morgan fingerprint density at radius 3 is 2.57 bits per heavy atom. The van der Waals surface area contributed by atoms with Gasteiger partial charge in [0.15, 0.2) is 0 Å². The lowest BCUT2D eigenvalue weighted by Gasteiger charge is -2.02. The van der Waals surface area contributed by atoms with Gasteiger partial charge < -0.3 is 5.32 Å². The molecule has 0 aliphatic heterocycles. The van der Waals surface area contributed by atoms with Crippen LogP contribution in [0.1, 0.15) is 46.3 Å². The van der Waals surface area contributed by atoms with Crippen LogP contribution in [-0.4, -0.2) is 22.8 Å². The smallest absolute Gasteiger partial charge is 0.121 e. The fraction of sp³-hybridized carbons (Fsp3) is 0.529. The molecule has 0 spiro atoms. The molecule has 1 saturated carbocycles. The highest BCUT2D eigenvalue weighted by atomic mass is 32.1. The largest absolute Gasteiger partial charge is 0.314 e. The SMILES string of the molecule is c1ccc2c(c1)CC(c1nnc(CCCNC3CC3)s1)C2. The average molecular weight is 299 g/mol. The molecule has 4 rings (SSSR count). The molecule has 2 aliphatic rings. The highest BCUT2D eigenvalue weighted by Crippen LogP contribution is 2.35. The molecule has 1 heterocycles. The van der Waals surface area contributed by atoms with Gasteiger partial charge in [0.05, 0.1) is 0 Å². The van der Waals surface area contributed by atoms with Crippen LogP contribution in [0.2, 0.25) is 0 Å². The minimum Gasteiger partial charge on any atom is -0.314 e. The maximum Gasteiger partial charge on any atom is 0.121 e. The first-order valence-corrected chi connectivity index (χ1v) is 8.82. The maximum absolute atomic E-state index is 4.46. The van der Waals surface area contributed by atoms with Crippen molar-refractivity contribution in [2.75, 3.05) is 6.54 Å². The number of hydrogen-bond acceptors (Lipinski definition) is 4. The second-order valence-corrected chi connectivity index (χ2v) is 7.33. The van der Waals surface area contributed by atoms with Gasteiger partial charge in [-0.05, 0) is 49.8 Å². The molecule has 4 heteroatoms. The molecule has 3 nitrogen and oxygen atoms in total. The van der Waals surface area contributed by atoms with Gasteiger partial charge in [0, 0.05) is 18.4 Å². The standard InChI is InChI=1S/C17H21N3S/c1-2-5-13-11-14(10-12(13)4-1)17-20-19-16(21-17)6-3-9-18-15-7-8-15/h1-2,4-5,14-15,18H,3,6-11H2. The Kier molecular flexibility index (Phi) is 3.74. The molecular formula is C17H21N3S. The molecule has 1 fully saturated rings. The van der Waals surface area contributed by atoms with Gasteiger partial charge in [-0.25, -0.2) is 0 Å². The minimum absolute atomic E-state index is 0.554. The van der Waals surface area contributed by atoms with E-state index in [4.69, 9.17) is 0 Å². The third-order valence-electron chi connectivity index (χ3n) is 4.46. The van der Waals surface area contributed by atoms with E-state index in [2.05, 4.69) is 39.8 Å². The van der Waals surface area contributed by atoms with E-state index in [1.807, 2.05) is 11.3 Å². The van der Waals surface area contributed by atoms with Crippen molar-refractivity contribution in [3.63, 3.8) is 0 Å². The van der Waals surface area contributed by atoms with Gasteiger partial charge in [-0.3, -0.25) is 0 Å². The third kappa shape index (κ3) is 3.16. The van der Waals surface area contributed by atoms with E-state index in [1.165, 1.54) is 40.4 Å². The zero-order valence-electron chi connectivity index (χ0n) is 12.2. The van der Waals surface area contributed by atoms with Crippen molar-refractivity contribution in [1.29, 1.82) is 0 Å². The molecule has 2 aromatic rings. The Hall–Kier alpha value is -1.26. The number of nitrogens with one attached hydrogen (secondary N) is 1. The summed E-state index contributed by atoms with van der Waals surface area (Å²) in [6.07, 6.45) is 7.24. The van der Waals surface area contributed by atoms with Gasteiger partial charge in [0.1, 0.15) is 10.0 Å². The van der Waals surface area contributed by atoms with Crippen molar-refractivity contribution in [3.05, 3.63) is 45.4 Å². The molecule has 0 amide bonds. The Morgan fingerprint density at radius 1 is 1.10 bits per heavy atom. The number of nitrogens with zero attached hydrogens (tertiary/aromatic N) is 2. The molecule has 21 heavy (non-hydrogen) atoms. The molecule has 2 aliphatic carbocycles. The topological polar surface area (TPSA) is 37.8 Å². The van der Waals surface area contributed by atoms with E-state index in [-0.39, 0.29) is 0 Å². The van der Waals surface area contributed by atoms with Crippen molar-refractivity contribution in [2.45, 2.75) is 50.5 Å². The van der Waals surface area contributed by atoms with E-state index < -0.39 is 0 Å². The molecule has 0 atom stereocenters. The fourth-order valence-corrected chi connectivity index (χ4v) is 4.08. The predicted octanol–water partition coefficient (Wildman–Crippen LogP) is 3.11. The van der Waals surface area contributed by atoms with Crippen LogP contribution in [0.15, 0.2) is 24.3 Å². The highest BCUT2D eigenvalue weighted by molar-refractivity contribution is 7.11. The van der Waals surface area contributed by atoms with E-state index in [0.717, 1.165) is 31.8 Å². The van der Waals surface area contributed by atoms with Crippen molar-refractivity contribution in [2.24, 2.45) is 0 Å². The Labute approximate surface area is 129 Å². The first-order chi connectivity index (χ1) is 10.4. The van der Waals surface area contributed by atoms with Crippen LogP contribution in [0.5, 0.6) is 0 Å². The van der Waals surface area contributed by atoms with Crippen LogP contribution in [-0.2, 0) is 19.3 Å². The Balaban J connectivity index is 1.32. The lowest BCUT2D eigenvalue weighted by molar-refractivity contribution is 0.642. The number of aromatic nitrogens is 2. The number of aryl methyl sites for hydroxylation is 1. The molecule has 110 valence electrons. The normalized spacial score (nSPS) is 18.1. The van der Waals surface area contributed by atoms with Crippen LogP contribution < -0.4 is 5.32 Å². The van der Waals surface area contributed by atoms with Crippen LogP contribution in [0, 0.1) is 0 Å². The Bertz CT molecular complexity index is 593. The second-order valence-electron chi connectivity index (χ2n) is 6.24. The van der Waals surface area contributed by atoms with Gasteiger partial charge in [-0.2, -0.15) is 0 Å². The summed E-state index contributed by atoms with van der Waals surface area (Å²) >= 11 is 1.83. The molecule has 0 radical (unpaired) electrons. The van der Waals surface area contributed by atoms with Crippen molar-refractivity contribution in [3.8, 4) is 0 Å². The van der Waals surface area contributed by atoms with Crippen molar-refractivity contribution < 1.29 is 0 Å². The molecule has 0 saturated heterocycles. The summed E-state index contributed by atoms with van der Waals surface area (Å²) in [6, 6.07) is 9.59. The minimum atomic E-state index is 0.554. The summed E-state index contributed by atoms with van der Waals surface area (Å²) in [4.78, 5) is 0. The summed E-state index contributed by atoms with van der Waals surface area (Å²) < 4.78 is 0. The van der Waals surface area contributed by atoms with Crippen LogP contribution >= 0.6 is 11.3 Å². The van der Waals surface area contributed by atoms with E-state index in [1.54, 1.807) is 0 Å². The first-order valence-electron chi connectivity index (χ1n) is 8.01. The fourth-order valence-electron chi connectivity index (χ4n) is 3.10. The van der Waals surface area contributed by atoms with Crippen LogP contribution in [0.4, 0.5) is 0 Å². The monoisotopic (exact) mass is 299 g/mol.